The summed E-state index contributed by atoms with van der Waals surface area (Å²) < 4.78 is 14.4. The van der Waals surface area contributed by atoms with E-state index in [0.29, 0.717) is 16.4 Å². The van der Waals surface area contributed by atoms with Gasteiger partial charge in [-0.3, -0.25) is 0 Å². The Morgan fingerprint density at radius 3 is 2.59 bits per heavy atom. The van der Waals surface area contributed by atoms with E-state index >= 15 is 0 Å². The lowest BCUT2D eigenvalue weighted by Crippen LogP contribution is -1.97. The van der Waals surface area contributed by atoms with Gasteiger partial charge >= 0.3 is 0 Å². The SMILES string of the molecule is Nc1ccc(Nc2cc(Cl)ccc2F)c(I)c1. The summed E-state index contributed by atoms with van der Waals surface area (Å²) in [5, 5.41) is 3.47. The highest BCUT2D eigenvalue weighted by molar-refractivity contribution is 14.1. The zero-order valence-corrected chi connectivity index (χ0v) is 11.6. The number of nitrogen functional groups attached to an aromatic ring is 1. The van der Waals surface area contributed by atoms with Gasteiger partial charge < -0.3 is 11.1 Å². The van der Waals surface area contributed by atoms with Gasteiger partial charge in [0, 0.05) is 14.3 Å². The minimum atomic E-state index is -0.345. The molecule has 0 aliphatic rings. The molecule has 0 amide bonds. The summed E-state index contributed by atoms with van der Waals surface area (Å²) >= 11 is 7.95. The number of nitrogens with one attached hydrogen (secondary N) is 1. The Bertz CT molecular complexity index is 560. The first kappa shape index (κ1) is 12.4. The van der Waals surface area contributed by atoms with E-state index in [9.17, 15) is 4.39 Å². The third kappa shape index (κ3) is 3.01. The molecule has 2 aromatic rings. The van der Waals surface area contributed by atoms with Crippen molar-refractivity contribution in [2.45, 2.75) is 0 Å². The third-order valence-electron chi connectivity index (χ3n) is 2.19. The number of hydrogen-bond donors (Lipinski definition) is 2. The number of rotatable bonds is 2. The van der Waals surface area contributed by atoms with Crippen LogP contribution in [0.15, 0.2) is 36.4 Å². The van der Waals surface area contributed by atoms with Crippen LogP contribution in [-0.2, 0) is 0 Å². The molecule has 2 aromatic carbocycles. The fraction of sp³-hybridized carbons (Fsp3) is 0. The summed E-state index contributed by atoms with van der Waals surface area (Å²) in [6.07, 6.45) is 0. The van der Waals surface area contributed by atoms with Gasteiger partial charge in [-0.25, -0.2) is 4.39 Å². The second kappa shape index (κ2) is 5.10. The topological polar surface area (TPSA) is 38.0 Å². The van der Waals surface area contributed by atoms with E-state index in [1.165, 1.54) is 12.1 Å². The first-order valence-electron chi connectivity index (χ1n) is 4.83. The summed E-state index contributed by atoms with van der Waals surface area (Å²) in [4.78, 5) is 0. The number of anilines is 3. The molecule has 17 heavy (non-hydrogen) atoms. The first-order valence-corrected chi connectivity index (χ1v) is 6.29. The molecule has 0 radical (unpaired) electrons. The predicted molar refractivity (Wildman–Crippen MR) is 78.3 cm³/mol. The van der Waals surface area contributed by atoms with Crippen molar-refractivity contribution in [3.8, 4) is 0 Å². The van der Waals surface area contributed by atoms with E-state index in [1.54, 1.807) is 18.2 Å². The van der Waals surface area contributed by atoms with Crippen molar-refractivity contribution in [3.63, 3.8) is 0 Å². The number of halogens is 3. The van der Waals surface area contributed by atoms with Crippen LogP contribution in [0.25, 0.3) is 0 Å². The van der Waals surface area contributed by atoms with Crippen molar-refractivity contribution >= 4 is 51.3 Å². The van der Waals surface area contributed by atoms with Crippen LogP contribution in [0.5, 0.6) is 0 Å². The van der Waals surface area contributed by atoms with Crippen LogP contribution in [0.1, 0.15) is 0 Å². The van der Waals surface area contributed by atoms with Crippen LogP contribution < -0.4 is 11.1 Å². The normalized spacial score (nSPS) is 10.3. The maximum atomic E-state index is 13.5. The maximum Gasteiger partial charge on any atom is 0.146 e. The summed E-state index contributed by atoms with van der Waals surface area (Å²) in [5.74, 6) is -0.345. The van der Waals surface area contributed by atoms with Crippen LogP contribution in [0.4, 0.5) is 21.5 Å². The van der Waals surface area contributed by atoms with Crippen molar-refractivity contribution in [2.24, 2.45) is 0 Å². The average molecular weight is 363 g/mol. The van der Waals surface area contributed by atoms with Gasteiger partial charge in [-0.2, -0.15) is 0 Å². The van der Waals surface area contributed by atoms with Crippen molar-refractivity contribution in [2.75, 3.05) is 11.1 Å². The molecule has 0 unspecified atom stereocenters. The first-order chi connectivity index (χ1) is 8.06. The van der Waals surface area contributed by atoms with Crippen molar-refractivity contribution in [1.82, 2.24) is 0 Å². The molecule has 0 aromatic heterocycles. The highest BCUT2D eigenvalue weighted by Gasteiger charge is 2.05. The predicted octanol–water partition coefficient (Wildman–Crippen LogP) is 4.41. The van der Waals surface area contributed by atoms with E-state index in [4.69, 9.17) is 17.3 Å². The monoisotopic (exact) mass is 362 g/mol. The van der Waals surface area contributed by atoms with E-state index in [1.807, 2.05) is 6.07 Å². The Morgan fingerprint density at radius 2 is 1.88 bits per heavy atom. The molecule has 0 atom stereocenters. The van der Waals surface area contributed by atoms with Gasteiger partial charge in [-0.1, -0.05) is 11.6 Å². The molecule has 0 aliphatic carbocycles. The molecule has 2 nitrogen and oxygen atoms in total. The highest BCUT2D eigenvalue weighted by atomic mass is 127. The lowest BCUT2D eigenvalue weighted by molar-refractivity contribution is 0.632. The summed E-state index contributed by atoms with van der Waals surface area (Å²) in [6, 6.07) is 9.75. The second-order valence-electron chi connectivity index (χ2n) is 3.49. The Hall–Kier alpha value is -1.01. The third-order valence-corrected chi connectivity index (χ3v) is 3.32. The van der Waals surface area contributed by atoms with E-state index in [-0.39, 0.29) is 5.82 Å². The zero-order chi connectivity index (χ0) is 12.4. The second-order valence-corrected chi connectivity index (χ2v) is 5.09. The molecular formula is C12H9ClFIN2. The quantitative estimate of drug-likeness (QED) is 0.613. The van der Waals surface area contributed by atoms with Crippen molar-refractivity contribution in [3.05, 3.63) is 50.8 Å². The Kier molecular flexibility index (Phi) is 3.73. The lowest BCUT2D eigenvalue weighted by atomic mass is 10.2. The van der Waals surface area contributed by atoms with Crippen molar-refractivity contribution in [1.29, 1.82) is 0 Å². The largest absolute Gasteiger partial charge is 0.399 e. The van der Waals surface area contributed by atoms with Crippen LogP contribution in [0, 0.1) is 9.39 Å². The minimum Gasteiger partial charge on any atom is -0.399 e. The highest BCUT2D eigenvalue weighted by Crippen LogP contribution is 2.27. The zero-order valence-electron chi connectivity index (χ0n) is 8.68. The van der Waals surface area contributed by atoms with Gasteiger partial charge in [0.25, 0.3) is 0 Å². The van der Waals surface area contributed by atoms with Gasteiger partial charge in [0.15, 0.2) is 0 Å². The fourth-order valence-corrected chi connectivity index (χ4v) is 2.22. The summed E-state index contributed by atoms with van der Waals surface area (Å²) in [6.45, 7) is 0. The smallest absolute Gasteiger partial charge is 0.146 e. The molecule has 5 heteroatoms. The number of benzene rings is 2. The van der Waals surface area contributed by atoms with Gasteiger partial charge in [0.05, 0.1) is 11.4 Å². The molecule has 0 saturated heterocycles. The van der Waals surface area contributed by atoms with Crippen LogP contribution in [0.2, 0.25) is 5.02 Å². The molecule has 0 saturated carbocycles. The maximum absolute atomic E-state index is 13.5. The molecule has 0 fully saturated rings. The fourth-order valence-electron chi connectivity index (χ4n) is 1.37. The summed E-state index contributed by atoms with van der Waals surface area (Å²) in [5.41, 5.74) is 7.46. The van der Waals surface area contributed by atoms with E-state index in [2.05, 4.69) is 27.9 Å². The molecule has 0 spiro atoms. The molecule has 0 bridgehead atoms. The Labute approximate surface area is 117 Å². The molecule has 0 heterocycles. The van der Waals surface area contributed by atoms with Gasteiger partial charge in [0.2, 0.25) is 0 Å². The molecule has 3 N–H and O–H groups in total. The molecule has 0 aliphatic heterocycles. The van der Waals surface area contributed by atoms with E-state index in [0.717, 1.165) is 9.26 Å². The Balaban J connectivity index is 2.34. The van der Waals surface area contributed by atoms with Gasteiger partial charge in [-0.05, 0) is 59.0 Å². The Morgan fingerprint density at radius 1 is 1.12 bits per heavy atom. The van der Waals surface area contributed by atoms with Crippen LogP contribution in [0.3, 0.4) is 0 Å². The molecular weight excluding hydrogens is 354 g/mol. The van der Waals surface area contributed by atoms with Gasteiger partial charge in [-0.15, -0.1) is 0 Å². The van der Waals surface area contributed by atoms with Crippen molar-refractivity contribution < 1.29 is 4.39 Å². The minimum absolute atomic E-state index is 0.345. The average Bonchev–Trinajstić information content (AvgIpc) is 2.27. The van der Waals surface area contributed by atoms with Crippen LogP contribution >= 0.6 is 34.2 Å². The lowest BCUT2D eigenvalue weighted by Gasteiger charge is -2.10. The summed E-state index contributed by atoms with van der Waals surface area (Å²) in [7, 11) is 0. The number of nitrogens with two attached hydrogens (primary N) is 1. The molecule has 2 rings (SSSR count). The standard InChI is InChI=1S/C12H9ClFIN2/c13-7-1-3-9(14)12(5-7)17-11-4-2-8(16)6-10(11)15/h1-6,17H,16H2. The molecule has 88 valence electrons. The van der Waals surface area contributed by atoms with Gasteiger partial charge in [0.1, 0.15) is 5.82 Å². The number of hydrogen-bond acceptors (Lipinski definition) is 2. The van der Waals surface area contributed by atoms with E-state index < -0.39 is 0 Å². The van der Waals surface area contributed by atoms with Crippen LogP contribution in [-0.4, -0.2) is 0 Å².